The molecule has 86 valence electrons. The number of rotatable bonds is 2. The number of alkyl halides is 2. The molecule has 0 N–H and O–H groups in total. The Labute approximate surface area is 108 Å². The first-order valence-corrected chi connectivity index (χ1v) is 6.99. The predicted molar refractivity (Wildman–Crippen MR) is 59.7 cm³/mol. The van der Waals surface area contributed by atoms with Gasteiger partial charge in [0.15, 0.2) is 0 Å². The van der Waals surface area contributed by atoms with Gasteiger partial charge < -0.3 is 0 Å². The van der Waals surface area contributed by atoms with Crippen LogP contribution in [0.15, 0.2) is 11.1 Å². The molecular formula is C7H2ClF2IN2O2S. The molecule has 1 heterocycles. The first-order chi connectivity index (χ1) is 7.29. The minimum Gasteiger partial charge on any atom is -0.248 e. The topological polar surface area (TPSA) is 70.8 Å². The van der Waals surface area contributed by atoms with Crippen molar-refractivity contribution >= 4 is 42.3 Å². The highest BCUT2D eigenvalue weighted by Gasteiger charge is 2.26. The summed E-state index contributed by atoms with van der Waals surface area (Å²) in [6.07, 6.45) is -2.21. The number of aromatic nitrogens is 1. The molecule has 16 heavy (non-hydrogen) atoms. The number of nitriles is 1. The van der Waals surface area contributed by atoms with Gasteiger partial charge in [0.1, 0.15) is 14.7 Å². The van der Waals surface area contributed by atoms with Gasteiger partial charge in [-0.05, 0) is 22.6 Å². The fraction of sp³-hybridized carbons (Fsp3) is 0.143. The zero-order chi connectivity index (χ0) is 12.5. The van der Waals surface area contributed by atoms with Crippen LogP contribution in [0.3, 0.4) is 0 Å². The molecule has 4 nitrogen and oxygen atoms in total. The molecule has 0 radical (unpaired) electrons. The van der Waals surface area contributed by atoms with Crippen molar-refractivity contribution in [2.24, 2.45) is 0 Å². The lowest BCUT2D eigenvalue weighted by Crippen LogP contribution is -2.05. The van der Waals surface area contributed by atoms with Crippen LogP contribution in [0.5, 0.6) is 0 Å². The molecule has 1 rings (SSSR count). The van der Waals surface area contributed by atoms with Crippen LogP contribution >= 0.6 is 33.3 Å². The van der Waals surface area contributed by atoms with E-state index >= 15 is 0 Å². The second-order valence-corrected chi connectivity index (χ2v) is 6.11. The third-order valence-electron chi connectivity index (χ3n) is 1.63. The van der Waals surface area contributed by atoms with Crippen LogP contribution in [-0.2, 0) is 9.05 Å². The molecule has 9 heteroatoms. The van der Waals surface area contributed by atoms with E-state index in [1.54, 1.807) is 0 Å². The van der Waals surface area contributed by atoms with Gasteiger partial charge in [-0.25, -0.2) is 22.2 Å². The van der Waals surface area contributed by atoms with Crippen molar-refractivity contribution in [1.82, 2.24) is 4.98 Å². The summed E-state index contributed by atoms with van der Waals surface area (Å²) >= 11 is 1.49. The first kappa shape index (κ1) is 13.5. The molecule has 0 fully saturated rings. The minimum absolute atomic E-state index is 0.131. The van der Waals surface area contributed by atoms with Crippen molar-refractivity contribution in [1.29, 1.82) is 5.26 Å². The average molecular weight is 379 g/mol. The van der Waals surface area contributed by atoms with E-state index in [1.165, 1.54) is 28.7 Å². The summed E-state index contributed by atoms with van der Waals surface area (Å²) in [5.41, 5.74) is -1.38. The summed E-state index contributed by atoms with van der Waals surface area (Å²) < 4.78 is 47.1. The highest BCUT2D eigenvalue weighted by molar-refractivity contribution is 14.1. The second-order valence-electron chi connectivity index (χ2n) is 2.55. The molecule has 0 amide bonds. The summed E-state index contributed by atoms with van der Waals surface area (Å²) in [6, 6.07) is 1.40. The van der Waals surface area contributed by atoms with Gasteiger partial charge in [0, 0.05) is 16.9 Å². The van der Waals surface area contributed by atoms with Crippen molar-refractivity contribution < 1.29 is 17.2 Å². The fourth-order valence-corrected chi connectivity index (χ4v) is 2.56. The molecule has 0 saturated carbocycles. The van der Waals surface area contributed by atoms with E-state index in [4.69, 9.17) is 15.9 Å². The maximum atomic E-state index is 12.6. The molecule has 0 aliphatic rings. The van der Waals surface area contributed by atoms with E-state index in [1.807, 2.05) is 0 Å². The molecule has 0 aliphatic carbocycles. The monoisotopic (exact) mass is 378 g/mol. The summed E-state index contributed by atoms with van der Waals surface area (Å²) in [4.78, 5) is 2.77. The average Bonchev–Trinajstić information content (AvgIpc) is 2.14. The molecule has 0 aliphatic heterocycles. The Hall–Kier alpha value is -0.530. The highest BCUT2D eigenvalue weighted by atomic mass is 127. The van der Waals surface area contributed by atoms with Gasteiger partial charge in [-0.15, -0.1) is 0 Å². The third-order valence-corrected chi connectivity index (χ3v) is 3.82. The van der Waals surface area contributed by atoms with Crippen molar-refractivity contribution in [3.63, 3.8) is 0 Å². The van der Waals surface area contributed by atoms with Crippen LogP contribution < -0.4 is 0 Å². The van der Waals surface area contributed by atoms with Gasteiger partial charge in [0.05, 0.1) is 11.1 Å². The van der Waals surface area contributed by atoms with Crippen molar-refractivity contribution in [3.05, 3.63) is 21.0 Å². The van der Waals surface area contributed by atoms with Gasteiger partial charge in [-0.1, -0.05) is 0 Å². The van der Waals surface area contributed by atoms with Crippen LogP contribution in [0.25, 0.3) is 0 Å². The number of halogens is 4. The molecule has 0 aromatic carbocycles. The largest absolute Gasteiger partial charge is 0.267 e. The smallest absolute Gasteiger partial charge is 0.248 e. The van der Waals surface area contributed by atoms with Gasteiger partial charge >= 0.3 is 0 Å². The lowest BCUT2D eigenvalue weighted by Gasteiger charge is -2.07. The number of hydrogen-bond donors (Lipinski definition) is 0. The Morgan fingerprint density at radius 3 is 2.50 bits per heavy atom. The van der Waals surface area contributed by atoms with Crippen LogP contribution in [0.4, 0.5) is 8.78 Å². The Kier molecular flexibility index (Phi) is 4.03. The lowest BCUT2D eigenvalue weighted by molar-refractivity contribution is 0.149. The Morgan fingerprint density at radius 2 is 2.12 bits per heavy atom. The van der Waals surface area contributed by atoms with Crippen LogP contribution in [0, 0.1) is 15.0 Å². The van der Waals surface area contributed by atoms with Crippen molar-refractivity contribution in [3.8, 4) is 6.07 Å². The zero-order valence-electron chi connectivity index (χ0n) is 7.29. The number of hydrogen-bond acceptors (Lipinski definition) is 4. The molecule has 1 aromatic heterocycles. The van der Waals surface area contributed by atoms with Crippen molar-refractivity contribution in [2.45, 2.75) is 11.3 Å². The first-order valence-electron chi connectivity index (χ1n) is 3.60. The van der Waals surface area contributed by atoms with E-state index < -0.39 is 31.5 Å². The summed E-state index contributed by atoms with van der Waals surface area (Å²) in [6.45, 7) is 0. The van der Waals surface area contributed by atoms with Crippen LogP contribution in [0.2, 0.25) is 0 Å². The van der Waals surface area contributed by atoms with E-state index in [0.717, 1.165) is 6.20 Å². The second kappa shape index (κ2) is 4.77. The SMILES string of the molecule is N#Cc1c(S(=O)(=O)Cl)cnc(I)c1C(F)F. The van der Waals surface area contributed by atoms with Gasteiger partial charge in [0.2, 0.25) is 0 Å². The molecule has 0 saturated heterocycles. The van der Waals surface area contributed by atoms with E-state index in [9.17, 15) is 17.2 Å². The standard InChI is InChI=1S/C7H2ClF2IN2O2S/c8-16(14,15)4-2-13-7(11)5(6(9)10)3(4)1-12/h2,6H. The molecule has 1 aromatic rings. The fourth-order valence-electron chi connectivity index (χ4n) is 0.985. The Bertz CT molecular complexity index is 570. The maximum absolute atomic E-state index is 12.6. The van der Waals surface area contributed by atoms with Crippen molar-refractivity contribution in [2.75, 3.05) is 0 Å². The third kappa shape index (κ3) is 2.58. The van der Waals surface area contributed by atoms with Gasteiger partial charge in [-0.3, -0.25) is 0 Å². The Balaban J connectivity index is 3.72. The molecule has 0 bridgehead atoms. The van der Waals surface area contributed by atoms with Gasteiger partial charge in [0.25, 0.3) is 15.5 Å². The summed E-state index contributed by atoms with van der Waals surface area (Å²) in [5.74, 6) is 0. The zero-order valence-corrected chi connectivity index (χ0v) is 11.0. The molecule has 0 atom stereocenters. The summed E-state index contributed by atoms with van der Waals surface area (Å²) in [5, 5.41) is 8.70. The molecule has 0 spiro atoms. The van der Waals surface area contributed by atoms with Crippen LogP contribution in [0.1, 0.15) is 17.6 Å². The predicted octanol–water partition coefficient (Wildman–Crippen LogP) is 2.42. The van der Waals surface area contributed by atoms with Gasteiger partial charge in [-0.2, -0.15) is 5.26 Å². The highest BCUT2D eigenvalue weighted by Crippen LogP contribution is 2.31. The van der Waals surface area contributed by atoms with Crippen LogP contribution in [-0.4, -0.2) is 13.4 Å². The minimum atomic E-state index is -4.27. The molecule has 0 unspecified atom stereocenters. The maximum Gasteiger partial charge on any atom is 0.267 e. The van der Waals surface area contributed by atoms with E-state index in [2.05, 4.69) is 4.98 Å². The Morgan fingerprint density at radius 1 is 1.56 bits per heavy atom. The van der Waals surface area contributed by atoms with E-state index in [-0.39, 0.29) is 3.70 Å². The number of pyridine rings is 1. The number of nitrogens with zero attached hydrogens (tertiary/aromatic N) is 2. The van der Waals surface area contributed by atoms with E-state index in [0.29, 0.717) is 0 Å². The quantitative estimate of drug-likeness (QED) is 0.450. The summed E-state index contributed by atoms with van der Waals surface area (Å²) in [7, 11) is 0.737. The normalized spacial score (nSPS) is 11.5. The molecular weight excluding hydrogens is 377 g/mol. The lowest BCUT2D eigenvalue weighted by atomic mass is 10.1.